The van der Waals surface area contributed by atoms with Crippen molar-refractivity contribution in [1.29, 1.82) is 0 Å². The van der Waals surface area contributed by atoms with Crippen molar-refractivity contribution in [3.8, 4) is 0 Å². The third-order valence-corrected chi connectivity index (χ3v) is 0.918. The van der Waals surface area contributed by atoms with Gasteiger partial charge in [-0.25, -0.2) is 0 Å². The third kappa shape index (κ3) is 1.14. The summed E-state index contributed by atoms with van der Waals surface area (Å²) in [7, 11) is 0. The van der Waals surface area contributed by atoms with E-state index in [9.17, 15) is 0 Å². The van der Waals surface area contributed by atoms with Gasteiger partial charge in [-0.2, -0.15) is 0 Å². The maximum absolute atomic E-state index is 7.31. The maximum Gasteiger partial charge on any atom is 0.156 e. The fourth-order valence-electron chi connectivity index (χ4n) is 0.359. The molecule has 0 bridgehead atoms. The van der Waals surface area contributed by atoms with Crippen LogP contribution in [0, 0.1) is 0 Å². The number of hydrogen-bond acceptors (Lipinski definition) is 1. The Hall–Kier alpha value is -0.690. The second kappa shape index (κ2) is 2.05. The van der Waals surface area contributed by atoms with E-state index in [1.807, 2.05) is 0 Å². The Morgan fingerprint density at radius 1 is 1.62 bits per heavy atom. The Bertz CT molecular complexity index is 302. The summed E-state index contributed by atoms with van der Waals surface area (Å²) >= 11 is 5.54. The highest BCUT2D eigenvalue weighted by molar-refractivity contribution is 6.30. The van der Waals surface area contributed by atoms with Crippen LogP contribution in [0.25, 0.3) is 0 Å². The lowest BCUT2D eigenvalue weighted by Crippen LogP contribution is -1.80. The molecule has 0 aromatic heterocycles. The highest BCUT2D eigenvalue weighted by Crippen LogP contribution is 2.09. The van der Waals surface area contributed by atoms with Gasteiger partial charge in [0.05, 0.1) is 2.74 Å². The first kappa shape index (κ1) is 2.28. The van der Waals surface area contributed by atoms with Crippen molar-refractivity contribution in [2.75, 3.05) is 5.72 Å². The molecule has 0 aliphatic rings. The van der Waals surface area contributed by atoms with Crippen LogP contribution in [0.15, 0.2) is 24.2 Å². The summed E-state index contributed by atoms with van der Waals surface area (Å²) in [6.45, 7) is 0. The van der Waals surface area contributed by atoms with Gasteiger partial charge >= 0.3 is 0 Å². The predicted molar refractivity (Wildman–Crippen MR) is 35.9 cm³/mol. The Morgan fingerprint density at radius 2 is 2.50 bits per heavy atom. The van der Waals surface area contributed by atoms with E-state index in [0.29, 0.717) is 0 Å². The molecule has 42 valence electrons. The fourth-order valence-corrected chi connectivity index (χ4v) is 0.469. The number of benzene rings is 1. The van der Waals surface area contributed by atoms with E-state index in [0.717, 1.165) is 0 Å². The SMILES string of the molecule is [2H]c1c(Cl)ccc(N([2H])[2H])c1[2H]. The van der Waals surface area contributed by atoms with E-state index in [-0.39, 0.29) is 28.5 Å². The zero-order chi connectivity index (χ0) is 9.30. The first-order valence-electron chi connectivity index (χ1n) is 3.97. The van der Waals surface area contributed by atoms with Crippen LogP contribution in [0.3, 0.4) is 0 Å². The van der Waals surface area contributed by atoms with Gasteiger partial charge in [-0.3, -0.25) is 0 Å². The second-order valence-electron chi connectivity index (χ2n) is 1.32. The second-order valence-corrected chi connectivity index (χ2v) is 1.72. The van der Waals surface area contributed by atoms with Gasteiger partial charge in [0.25, 0.3) is 0 Å². The minimum atomic E-state index is -0.201. The summed E-state index contributed by atoms with van der Waals surface area (Å²) in [6.07, 6.45) is 0. The Morgan fingerprint density at radius 3 is 3.25 bits per heavy atom. The molecule has 0 unspecified atom stereocenters. The zero-order valence-electron chi connectivity index (χ0n) is 7.98. The third-order valence-electron chi connectivity index (χ3n) is 0.698. The largest absolute Gasteiger partial charge is 0.399 e. The summed E-state index contributed by atoms with van der Waals surface area (Å²) < 4.78 is 28.3. The van der Waals surface area contributed by atoms with Crippen molar-refractivity contribution in [2.45, 2.75) is 0 Å². The Labute approximate surface area is 58.8 Å². The minimum Gasteiger partial charge on any atom is -0.399 e. The molecule has 1 nitrogen and oxygen atoms in total. The first-order valence-corrected chi connectivity index (χ1v) is 2.45. The summed E-state index contributed by atoms with van der Waals surface area (Å²) in [5.41, 5.74) is 0.334. The normalized spacial score (nSPS) is 15.6. The molecule has 0 amide bonds. The van der Waals surface area contributed by atoms with E-state index in [2.05, 4.69) is 0 Å². The molecular formula is C6H6ClN. The highest BCUT2D eigenvalue weighted by Gasteiger charge is 1.82. The first-order chi connectivity index (χ1) is 5.54. The van der Waals surface area contributed by atoms with Gasteiger partial charge in [-0.05, 0) is 24.2 Å². The van der Waals surface area contributed by atoms with Crippen molar-refractivity contribution >= 4 is 17.3 Å². The number of hydrogen-bond donors (Lipinski definition) is 1. The molecule has 0 saturated heterocycles. The molecule has 0 saturated carbocycles. The number of nitrogens with two attached hydrogens (primary N) is 1. The van der Waals surface area contributed by atoms with Crippen LogP contribution in [0.5, 0.6) is 0 Å². The number of halogens is 1. The highest BCUT2D eigenvalue weighted by atomic mass is 35.5. The summed E-state index contributed by atoms with van der Waals surface area (Å²) in [6, 6.07) is 2.40. The van der Waals surface area contributed by atoms with Gasteiger partial charge in [0, 0.05) is 10.7 Å². The average molecular weight is 132 g/mol. The molecule has 0 aliphatic heterocycles. The van der Waals surface area contributed by atoms with Gasteiger partial charge in [-0.15, -0.1) is 0 Å². The molecule has 2 heteroatoms. The lowest BCUT2D eigenvalue weighted by Gasteiger charge is -1.88. The Kier molecular flexibility index (Phi) is 0.584. The molecule has 8 heavy (non-hydrogen) atoms. The van der Waals surface area contributed by atoms with Crippen LogP contribution in [0.4, 0.5) is 5.69 Å². The lowest BCUT2D eigenvalue weighted by atomic mass is 10.3. The molecule has 2 N–H and O–H groups in total. The van der Waals surface area contributed by atoms with Crippen LogP contribution in [-0.4, -0.2) is 0 Å². The summed E-state index contributed by atoms with van der Waals surface area (Å²) in [5.74, 6) is 0. The molecule has 0 fully saturated rings. The van der Waals surface area contributed by atoms with Gasteiger partial charge in [0.15, 0.2) is 2.82 Å². The Balaban J connectivity index is 3.27. The zero-order valence-corrected chi connectivity index (χ0v) is 4.74. The van der Waals surface area contributed by atoms with Crippen LogP contribution in [-0.2, 0) is 0 Å². The van der Waals surface area contributed by atoms with E-state index < -0.39 is 0 Å². The van der Waals surface area contributed by atoms with Crippen molar-refractivity contribution in [3.63, 3.8) is 0 Å². The van der Waals surface area contributed by atoms with E-state index in [1.54, 1.807) is 0 Å². The maximum atomic E-state index is 7.31. The molecule has 1 rings (SSSR count). The van der Waals surface area contributed by atoms with Crippen molar-refractivity contribution in [2.24, 2.45) is 0 Å². The molecule has 1 aromatic carbocycles. The van der Waals surface area contributed by atoms with Crippen molar-refractivity contribution in [3.05, 3.63) is 29.2 Å². The number of nitrogen functional groups attached to an aromatic ring is 1. The molecule has 0 atom stereocenters. The van der Waals surface area contributed by atoms with Crippen LogP contribution in [0.1, 0.15) is 2.74 Å². The van der Waals surface area contributed by atoms with E-state index >= 15 is 0 Å². The van der Waals surface area contributed by atoms with Gasteiger partial charge in [-0.1, -0.05) is 11.6 Å². The summed E-state index contributed by atoms with van der Waals surface area (Å²) in [5, 5.41) is 0.158. The van der Waals surface area contributed by atoms with E-state index in [1.165, 1.54) is 12.1 Å². The van der Waals surface area contributed by atoms with Gasteiger partial charge < -0.3 is 5.72 Å². The van der Waals surface area contributed by atoms with E-state index in [4.69, 9.17) is 17.2 Å². The lowest BCUT2D eigenvalue weighted by molar-refractivity contribution is 1.69. The molecule has 1 aromatic rings. The van der Waals surface area contributed by atoms with Crippen molar-refractivity contribution < 1.29 is 5.57 Å². The molecular weight excluding hydrogens is 122 g/mol. The van der Waals surface area contributed by atoms with Gasteiger partial charge in [0.1, 0.15) is 0 Å². The average Bonchev–Trinajstić information content (AvgIpc) is 2.00. The van der Waals surface area contributed by atoms with Crippen LogP contribution < -0.4 is 5.72 Å². The summed E-state index contributed by atoms with van der Waals surface area (Å²) in [4.78, 5) is 0. The predicted octanol–water partition coefficient (Wildman–Crippen LogP) is 1.92. The van der Waals surface area contributed by atoms with Crippen molar-refractivity contribution in [1.82, 2.24) is 0 Å². The smallest absolute Gasteiger partial charge is 0.156 e. The molecule has 0 aliphatic carbocycles. The van der Waals surface area contributed by atoms with Gasteiger partial charge in [0.2, 0.25) is 0 Å². The molecule has 0 heterocycles. The van der Waals surface area contributed by atoms with Crippen LogP contribution >= 0.6 is 11.6 Å². The molecule has 0 spiro atoms. The standard InChI is InChI=1S/C6H6ClN/c7-5-1-3-6(8)4-2-5/h1-4H,8H2/i1D,3D/hD2. The fraction of sp³-hybridized carbons (Fsp3) is 0. The molecule has 0 radical (unpaired) electrons. The van der Waals surface area contributed by atoms with Crippen LogP contribution in [0.2, 0.25) is 7.85 Å². The topological polar surface area (TPSA) is 26.0 Å². The monoisotopic (exact) mass is 131 g/mol. The number of anilines is 1. The minimum absolute atomic E-state index is 0.0457. The quantitative estimate of drug-likeness (QED) is 0.579. The number of rotatable bonds is 1.